The third-order valence-electron chi connectivity index (χ3n) is 6.10. The Hall–Kier alpha value is -1.42. The van der Waals surface area contributed by atoms with Gasteiger partial charge in [0, 0.05) is 13.7 Å². The van der Waals surface area contributed by atoms with Crippen LogP contribution in [0.25, 0.3) is 0 Å². The minimum Gasteiger partial charge on any atom is -0.426 e. The lowest BCUT2D eigenvalue weighted by Gasteiger charge is -2.37. The van der Waals surface area contributed by atoms with Gasteiger partial charge in [0.25, 0.3) is 0 Å². The van der Waals surface area contributed by atoms with E-state index < -0.39 is 0 Å². The number of halogens is 1. The maximum atomic E-state index is 12.9. The molecule has 3 nitrogen and oxygen atoms in total. The number of methoxy groups -OCH3 is 1. The Morgan fingerprint density at radius 3 is 2.08 bits per heavy atom. The van der Waals surface area contributed by atoms with E-state index in [0.717, 1.165) is 50.0 Å². The normalized spacial score (nSPS) is 30.0. The van der Waals surface area contributed by atoms with Crippen LogP contribution < -0.4 is 4.74 Å². The molecule has 2 aliphatic carbocycles. The highest BCUT2D eigenvalue weighted by Crippen LogP contribution is 2.41. The summed E-state index contributed by atoms with van der Waals surface area (Å²) in [6.07, 6.45) is 9.28. The van der Waals surface area contributed by atoms with Gasteiger partial charge in [-0.1, -0.05) is 0 Å². The summed E-state index contributed by atoms with van der Waals surface area (Å²) in [5.74, 6) is 2.27. The van der Waals surface area contributed by atoms with Crippen molar-refractivity contribution < 1.29 is 18.7 Å². The molecule has 0 heterocycles. The molecule has 138 valence electrons. The Morgan fingerprint density at radius 1 is 0.960 bits per heavy atom. The van der Waals surface area contributed by atoms with Crippen LogP contribution >= 0.6 is 0 Å². The third-order valence-corrected chi connectivity index (χ3v) is 6.10. The van der Waals surface area contributed by atoms with Gasteiger partial charge in [0.05, 0.1) is 5.92 Å². The first-order valence-electron chi connectivity index (χ1n) is 9.62. The molecule has 3 rings (SSSR count). The second kappa shape index (κ2) is 8.79. The molecule has 2 aliphatic rings. The first kappa shape index (κ1) is 18.4. The molecule has 0 amide bonds. The van der Waals surface area contributed by atoms with E-state index in [9.17, 15) is 9.18 Å². The summed E-state index contributed by atoms with van der Waals surface area (Å²) >= 11 is 0. The first-order chi connectivity index (χ1) is 12.2. The maximum absolute atomic E-state index is 12.9. The van der Waals surface area contributed by atoms with Crippen molar-refractivity contribution in [1.29, 1.82) is 0 Å². The van der Waals surface area contributed by atoms with Crippen LogP contribution in [0.2, 0.25) is 0 Å². The van der Waals surface area contributed by atoms with E-state index in [1.807, 2.05) is 0 Å². The van der Waals surface area contributed by atoms with Gasteiger partial charge in [0.15, 0.2) is 0 Å². The van der Waals surface area contributed by atoms with E-state index in [4.69, 9.17) is 9.47 Å². The molecule has 25 heavy (non-hydrogen) atoms. The van der Waals surface area contributed by atoms with Crippen LogP contribution in [-0.4, -0.2) is 19.7 Å². The number of hydrogen-bond donors (Lipinski definition) is 0. The Labute approximate surface area is 149 Å². The fraction of sp³-hybridized carbons (Fsp3) is 0.667. The highest BCUT2D eigenvalue weighted by atomic mass is 19.1. The fourth-order valence-corrected chi connectivity index (χ4v) is 4.59. The second-order valence-electron chi connectivity index (χ2n) is 7.72. The second-order valence-corrected chi connectivity index (χ2v) is 7.72. The zero-order valence-corrected chi connectivity index (χ0v) is 15.1. The van der Waals surface area contributed by atoms with E-state index in [-0.39, 0.29) is 17.7 Å². The van der Waals surface area contributed by atoms with Crippen LogP contribution in [0.3, 0.4) is 0 Å². The molecule has 0 aromatic heterocycles. The van der Waals surface area contributed by atoms with Crippen molar-refractivity contribution in [2.24, 2.45) is 23.7 Å². The van der Waals surface area contributed by atoms with Crippen molar-refractivity contribution in [3.8, 4) is 5.75 Å². The average molecular weight is 348 g/mol. The Morgan fingerprint density at radius 2 is 1.52 bits per heavy atom. The molecule has 2 fully saturated rings. The van der Waals surface area contributed by atoms with E-state index in [1.165, 1.54) is 49.9 Å². The van der Waals surface area contributed by atoms with Gasteiger partial charge in [0.1, 0.15) is 11.6 Å². The van der Waals surface area contributed by atoms with Crippen molar-refractivity contribution in [2.75, 3.05) is 13.7 Å². The van der Waals surface area contributed by atoms with Crippen molar-refractivity contribution in [3.63, 3.8) is 0 Å². The van der Waals surface area contributed by atoms with Crippen LogP contribution in [-0.2, 0) is 9.53 Å². The highest BCUT2D eigenvalue weighted by Gasteiger charge is 2.33. The molecular weight excluding hydrogens is 319 g/mol. The smallest absolute Gasteiger partial charge is 0.314 e. The fourth-order valence-electron chi connectivity index (χ4n) is 4.59. The predicted octanol–water partition coefficient (Wildman–Crippen LogP) is 4.99. The first-order valence-corrected chi connectivity index (χ1v) is 9.62. The summed E-state index contributed by atoms with van der Waals surface area (Å²) in [6, 6.07) is 5.66. The molecule has 0 atom stereocenters. The maximum Gasteiger partial charge on any atom is 0.314 e. The molecule has 0 saturated heterocycles. The van der Waals surface area contributed by atoms with Crippen LogP contribution in [0, 0.1) is 29.5 Å². The molecule has 0 unspecified atom stereocenters. The SMILES string of the molecule is COCC1CCC(C2CCC(C(=O)Oc3ccc(F)cc3)CC2)CC1. The molecule has 1 aromatic carbocycles. The molecule has 2 saturated carbocycles. The summed E-state index contributed by atoms with van der Waals surface area (Å²) in [6.45, 7) is 0.898. The number of rotatable bonds is 5. The average Bonchev–Trinajstić information content (AvgIpc) is 2.65. The highest BCUT2D eigenvalue weighted by molar-refractivity contribution is 5.75. The van der Waals surface area contributed by atoms with Gasteiger partial charge in [-0.3, -0.25) is 4.79 Å². The largest absolute Gasteiger partial charge is 0.426 e. The minimum atomic E-state index is -0.319. The summed E-state index contributed by atoms with van der Waals surface area (Å²) in [4.78, 5) is 12.3. The van der Waals surface area contributed by atoms with Gasteiger partial charge >= 0.3 is 5.97 Å². The lowest BCUT2D eigenvalue weighted by atomic mass is 9.69. The summed E-state index contributed by atoms with van der Waals surface area (Å²) in [7, 11) is 1.79. The van der Waals surface area contributed by atoms with E-state index >= 15 is 0 Å². The molecular formula is C21H29FO3. The zero-order chi connectivity index (χ0) is 17.6. The lowest BCUT2D eigenvalue weighted by molar-refractivity contribution is -0.140. The predicted molar refractivity (Wildman–Crippen MR) is 94.8 cm³/mol. The Bertz CT molecular complexity index is 541. The molecule has 0 radical (unpaired) electrons. The van der Waals surface area contributed by atoms with E-state index in [2.05, 4.69) is 0 Å². The van der Waals surface area contributed by atoms with Crippen molar-refractivity contribution in [3.05, 3.63) is 30.1 Å². The Kier molecular flexibility index (Phi) is 6.46. The van der Waals surface area contributed by atoms with Gasteiger partial charge in [-0.2, -0.15) is 0 Å². The third kappa shape index (κ3) is 5.04. The number of carbonyl (C=O) groups is 1. The minimum absolute atomic E-state index is 0.00821. The standard InChI is InChI=1S/C21H29FO3/c1-24-14-15-2-4-16(5-3-15)17-6-8-18(9-7-17)21(23)25-20-12-10-19(22)11-13-20/h10-13,15-18H,2-9,14H2,1H3. The van der Waals surface area contributed by atoms with Gasteiger partial charge in [-0.25, -0.2) is 4.39 Å². The van der Waals surface area contributed by atoms with E-state index in [0.29, 0.717) is 5.75 Å². The molecule has 4 heteroatoms. The monoisotopic (exact) mass is 348 g/mol. The molecule has 0 aliphatic heterocycles. The zero-order valence-electron chi connectivity index (χ0n) is 15.1. The number of carbonyl (C=O) groups excluding carboxylic acids is 1. The molecule has 0 N–H and O–H groups in total. The topological polar surface area (TPSA) is 35.5 Å². The molecule has 1 aromatic rings. The number of esters is 1. The van der Waals surface area contributed by atoms with Crippen molar-refractivity contribution in [2.45, 2.75) is 51.4 Å². The number of ether oxygens (including phenoxy) is 2. The van der Waals surface area contributed by atoms with Gasteiger partial charge in [-0.15, -0.1) is 0 Å². The number of hydrogen-bond acceptors (Lipinski definition) is 3. The summed E-state index contributed by atoms with van der Waals surface area (Å²) in [5.41, 5.74) is 0. The summed E-state index contributed by atoms with van der Waals surface area (Å²) < 4.78 is 23.6. The lowest BCUT2D eigenvalue weighted by Crippen LogP contribution is -2.30. The van der Waals surface area contributed by atoms with Crippen molar-refractivity contribution in [1.82, 2.24) is 0 Å². The van der Waals surface area contributed by atoms with Gasteiger partial charge < -0.3 is 9.47 Å². The van der Waals surface area contributed by atoms with Gasteiger partial charge in [-0.05, 0) is 93.4 Å². The molecule has 0 spiro atoms. The van der Waals surface area contributed by atoms with Crippen LogP contribution in [0.1, 0.15) is 51.4 Å². The van der Waals surface area contributed by atoms with Crippen LogP contribution in [0.5, 0.6) is 5.75 Å². The van der Waals surface area contributed by atoms with Crippen LogP contribution in [0.4, 0.5) is 4.39 Å². The van der Waals surface area contributed by atoms with Gasteiger partial charge in [0.2, 0.25) is 0 Å². The van der Waals surface area contributed by atoms with Crippen LogP contribution in [0.15, 0.2) is 24.3 Å². The number of benzene rings is 1. The van der Waals surface area contributed by atoms with E-state index in [1.54, 1.807) is 7.11 Å². The Balaban J connectivity index is 1.42. The summed E-state index contributed by atoms with van der Waals surface area (Å²) in [5, 5.41) is 0. The quantitative estimate of drug-likeness (QED) is 0.555. The van der Waals surface area contributed by atoms with Crippen molar-refractivity contribution >= 4 is 5.97 Å². The molecule has 0 bridgehead atoms.